The molecule has 0 amide bonds. The lowest BCUT2D eigenvalue weighted by molar-refractivity contribution is -0.218. The van der Waals surface area contributed by atoms with Gasteiger partial charge in [0, 0.05) is 17.8 Å². The predicted molar refractivity (Wildman–Crippen MR) is 114 cm³/mol. The summed E-state index contributed by atoms with van der Waals surface area (Å²) in [4.78, 5) is 5.43. The quantitative estimate of drug-likeness (QED) is 0.291. The highest BCUT2D eigenvalue weighted by molar-refractivity contribution is 5.80. The Balaban J connectivity index is 1.84. The first-order valence-electron chi connectivity index (χ1n) is 9.96. The second kappa shape index (κ2) is 8.43. The maximum atomic E-state index is 11.6. The smallest absolute Gasteiger partial charge is 0.209 e. The summed E-state index contributed by atoms with van der Waals surface area (Å²) in [5, 5.41) is 20.7. The van der Waals surface area contributed by atoms with Gasteiger partial charge < -0.3 is 35.7 Å². The van der Waals surface area contributed by atoms with Crippen LogP contribution in [0.2, 0.25) is 0 Å². The van der Waals surface area contributed by atoms with Gasteiger partial charge in [-0.3, -0.25) is 0 Å². The molecule has 4 rings (SSSR count). The van der Waals surface area contributed by atoms with E-state index in [4.69, 9.17) is 30.9 Å². The van der Waals surface area contributed by atoms with Gasteiger partial charge in [0.1, 0.15) is 11.9 Å². The molecule has 2 heterocycles. The molecule has 0 bridgehead atoms. The molecule has 0 unspecified atom stereocenters. The third kappa shape index (κ3) is 3.88. The minimum atomic E-state index is -1.23. The maximum absolute atomic E-state index is 11.6. The first-order chi connectivity index (χ1) is 14.9. The third-order valence-electron chi connectivity index (χ3n) is 5.65. The molecule has 2 aliphatic heterocycles. The molecule has 9 heteroatoms. The zero-order chi connectivity index (χ0) is 22.0. The summed E-state index contributed by atoms with van der Waals surface area (Å²) in [7, 11) is 0. The molecule has 0 radical (unpaired) electrons. The van der Waals surface area contributed by atoms with Crippen molar-refractivity contribution in [2.75, 3.05) is 18.9 Å². The first-order valence-corrected chi connectivity index (χ1v) is 9.96. The zero-order valence-electron chi connectivity index (χ0n) is 17.1. The van der Waals surface area contributed by atoms with E-state index in [1.54, 1.807) is 36.2 Å². The monoisotopic (exact) mass is 423 g/mol. The van der Waals surface area contributed by atoms with Crippen LogP contribution < -0.4 is 16.2 Å². The Bertz CT molecular complexity index is 1000. The van der Waals surface area contributed by atoms with Crippen LogP contribution in [-0.4, -0.2) is 47.2 Å². The molecule has 1 saturated heterocycles. The van der Waals surface area contributed by atoms with E-state index in [2.05, 4.69) is 4.99 Å². The van der Waals surface area contributed by atoms with Crippen LogP contribution >= 0.6 is 0 Å². The van der Waals surface area contributed by atoms with Gasteiger partial charge in [0.2, 0.25) is 12.2 Å². The number of anilines is 1. The number of hydrogen-bond acceptors (Lipinski definition) is 7. The normalized spacial score (nSPS) is 26.0. The molecule has 0 aromatic heterocycles. The summed E-state index contributed by atoms with van der Waals surface area (Å²) < 4.78 is 17.6. The number of nitrogens with two attached hydrogens (primary N) is 2. The lowest BCUT2D eigenvalue weighted by atomic mass is 9.83. The van der Waals surface area contributed by atoms with Crippen LogP contribution in [0, 0.1) is 11.5 Å². The fourth-order valence-corrected chi connectivity index (χ4v) is 4.10. The minimum absolute atomic E-state index is 0.0266. The average Bonchev–Trinajstić information content (AvgIpc) is 3.31. The molecule has 0 saturated carbocycles. The Morgan fingerprint density at radius 2 is 1.97 bits per heavy atom. The second-order valence-corrected chi connectivity index (χ2v) is 7.73. The summed E-state index contributed by atoms with van der Waals surface area (Å²) in [6.07, 6.45) is -0.179. The van der Waals surface area contributed by atoms with Crippen molar-refractivity contribution < 1.29 is 19.3 Å². The topological polar surface area (TPSA) is 139 Å². The Hall–Kier alpha value is -3.32. The molecular weight excluding hydrogens is 398 g/mol. The number of aliphatic hydroxyl groups is 1. The van der Waals surface area contributed by atoms with E-state index >= 15 is 0 Å². The number of rotatable bonds is 4. The number of benzene rings is 2. The van der Waals surface area contributed by atoms with Gasteiger partial charge in [-0.2, -0.15) is 5.26 Å². The molecule has 3 atom stereocenters. The Kier molecular flexibility index (Phi) is 5.69. The van der Waals surface area contributed by atoms with Gasteiger partial charge in [0.15, 0.2) is 11.9 Å². The van der Waals surface area contributed by atoms with E-state index in [1.165, 1.54) is 0 Å². The molecule has 2 aromatic rings. The number of nitriles is 1. The number of nitrogens with zero attached hydrogens (tertiary/aromatic N) is 3. The minimum Gasteiger partial charge on any atom is -0.479 e. The molecule has 9 nitrogen and oxygen atoms in total. The molecule has 31 heavy (non-hydrogen) atoms. The van der Waals surface area contributed by atoms with Crippen LogP contribution in [0.1, 0.15) is 24.1 Å². The van der Waals surface area contributed by atoms with Crippen LogP contribution in [0.25, 0.3) is 0 Å². The van der Waals surface area contributed by atoms with E-state index < -0.39 is 24.0 Å². The number of fused-ring (bicyclic) bond motifs is 1. The number of nitrogen functional groups attached to an aromatic ring is 1. The fourth-order valence-electron chi connectivity index (χ4n) is 4.10. The molecule has 162 valence electrons. The summed E-state index contributed by atoms with van der Waals surface area (Å²) >= 11 is 0. The SMILES string of the molecule is C[C@]1(C2OCCO2)Oc2ccc(N)cc2[C@@H](N(Cc2ccccc2)C(N)=NC#N)[C@@H]1O. The fraction of sp³-hybridized carbons (Fsp3) is 0.364. The van der Waals surface area contributed by atoms with Crippen molar-refractivity contribution in [1.82, 2.24) is 4.90 Å². The number of hydrogen-bond donors (Lipinski definition) is 3. The largest absolute Gasteiger partial charge is 0.479 e. The van der Waals surface area contributed by atoms with Gasteiger partial charge in [-0.15, -0.1) is 4.99 Å². The van der Waals surface area contributed by atoms with Gasteiger partial charge in [0.05, 0.1) is 19.3 Å². The Labute approximate surface area is 180 Å². The van der Waals surface area contributed by atoms with Gasteiger partial charge >= 0.3 is 0 Å². The Morgan fingerprint density at radius 3 is 2.65 bits per heavy atom. The van der Waals surface area contributed by atoms with Crippen LogP contribution in [0.15, 0.2) is 53.5 Å². The molecule has 0 aliphatic carbocycles. The van der Waals surface area contributed by atoms with Crippen molar-refractivity contribution in [3.63, 3.8) is 0 Å². The highest BCUT2D eigenvalue weighted by Crippen LogP contribution is 2.46. The van der Waals surface area contributed by atoms with Gasteiger partial charge in [-0.05, 0) is 30.7 Å². The number of aliphatic imine (C=N–C) groups is 1. The second-order valence-electron chi connectivity index (χ2n) is 7.73. The van der Waals surface area contributed by atoms with Gasteiger partial charge in [-0.25, -0.2) is 0 Å². The summed E-state index contributed by atoms with van der Waals surface area (Å²) in [5.74, 6) is 0.496. The molecular formula is C22H25N5O4. The van der Waals surface area contributed by atoms with Gasteiger partial charge in [0.25, 0.3) is 0 Å². The Morgan fingerprint density at radius 1 is 1.26 bits per heavy atom. The highest BCUT2D eigenvalue weighted by atomic mass is 16.7. The lowest BCUT2D eigenvalue weighted by Crippen LogP contribution is -2.62. The van der Waals surface area contributed by atoms with Crippen molar-refractivity contribution in [2.24, 2.45) is 10.7 Å². The lowest BCUT2D eigenvalue weighted by Gasteiger charge is -2.49. The molecule has 0 spiro atoms. The first kappa shape index (κ1) is 20.9. The number of ether oxygens (including phenoxy) is 3. The van der Waals surface area contributed by atoms with E-state index in [-0.39, 0.29) is 5.96 Å². The average molecular weight is 423 g/mol. The van der Waals surface area contributed by atoms with Crippen LogP contribution in [0.4, 0.5) is 5.69 Å². The van der Waals surface area contributed by atoms with Crippen LogP contribution in [0.3, 0.4) is 0 Å². The summed E-state index contributed by atoms with van der Waals surface area (Å²) in [5.41, 5.74) is 13.1. The van der Waals surface area contributed by atoms with E-state index in [0.29, 0.717) is 36.8 Å². The molecule has 2 aliphatic rings. The van der Waals surface area contributed by atoms with Crippen molar-refractivity contribution in [3.8, 4) is 11.9 Å². The van der Waals surface area contributed by atoms with Crippen LogP contribution in [-0.2, 0) is 16.0 Å². The standard InChI is InChI=1S/C22H25N5O4/c1-22(20-29-9-10-30-20)19(28)18(16-11-15(24)7-8-17(16)31-22)27(21(25)26-13-23)12-14-5-3-2-4-6-14/h2-8,11,18-20,28H,9-10,12,24H2,1H3,(H2,25,26)/t18-,19+,22+/m1/s1. The van der Waals surface area contributed by atoms with Gasteiger partial charge in [-0.1, -0.05) is 30.3 Å². The number of aliphatic hydroxyl groups excluding tert-OH is 1. The third-order valence-corrected chi connectivity index (χ3v) is 5.65. The van der Waals surface area contributed by atoms with E-state index in [0.717, 1.165) is 5.56 Å². The van der Waals surface area contributed by atoms with E-state index in [1.807, 2.05) is 30.3 Å². The molecule has 2 aromatic carbocycles. The zero-order valence-corrected chi connectivity index (χ0v) is 17.1. The van der Waals surface area contributed by atoms with Crippen molar-refractivity contribution in [3.05, 3.63) is 59.7 Å². The highest BCUT2D eigenvalue weighted by Gasteiger charge is 2.55. The van der Waals surface area contributed by atoms with Crippen LogP contribution in [0.5, 0.6) is 5.75 Å². The molecule has 1 fully saturated rings. The van der Waals surface area contributed by atoms with E-state index in [9.17, 15) is 5.11 Å². The summed E-state index contributed by atoms with van der Waals surface area (Å²) in [6, 6.07) is 14.1. The van der Waals surface area contributed by atoms with Crippen molar-refractivity contribution >= 4 is 11.6 Å². The predicted octanol–water partition coefficient (Wildman–Crippen LogP) is 1.49. The maximum Gasteiger partial charge on any atom is 0.209 e. The van der Waals surface area contributed by atoms with Crippen molar-refractivity contribution in [2.45, 2.75) is 37.5 Å². The molecule has 5 N–H and O–H groups in total. The number of guanidine groups is 1. The summed E-state index contributed by atoms with van der Waals surface area (Å²) in [6.45, 7) is 2.84. The van der Waals surface area contributed by atoms with Crippen molar-refractivity contribution in [1.29, 1.82) is 5.26 Å².